The summed E-state index contributed by atoms with van der Waals surface area (Å²) in [4.78, 5) is 39.0. The van der Waals surface area contributed by atoms with Crippen molar-refractivity contribution < 1.29 is 23.9 Å². The van der Waals surface area contributed by atoms with E-state index in [-0.39, 0.29) is 11.4 Å². The highest BCUT2D eigenvalue weighted by molar-refractivity contribution is 9.10. The van der Waals surface area contributed by atoms with Gasteiger partial charge in [-0.25, -0.2) is 0 Å². The van der Waals surface area contributed by atoms with Crippen LogP contribution in [0.3, 0.4) is 0 Å². The number of carbonyl (C=O) groups excluding carboxylic acids is 3. The second-order valence-corrected chi connectivity index (χ2v) is 9.15. The van der Waals surface area contributed by atoms with E-state index in [0.29, 0.717) is 40.4 Å². The highest BCUT2D eigenvalue weighted by Crippen LogP contribution is 2.38. The number of anilines is 1. The number of hydrogen-bond acceptors (Lipinski definition) is 6. The van der Waals surface area contributed by atoms with E-state index >= 15 is 0 Å². The third kappa shape index (κ3) is 5.97. The van der Waals surface area contributed by atoms with Crippen LogP contribution in [0.15, 0.2) is 39.7 Å². The number of hydrogen-bond donors (Lipinski definition) is 1. The van der Waals surface area contributed by atoms with Gasteiger partial charge in [-0.15, -0.1) is 0 Å². The molecule has 0 unspecified atom stereocenters. The van der Waals surface area contributed by atoms with Crippen LogP contribution in [0, 0.1) is 13.8 Å². The minimum Gasteiger partial charge on any atom is -0.490 e. The largest absolute Gasteiger partial charge is 0.490 e. The lowest BCUT2D eigenvalue weighted by molar-refractivity contribution is -0.127. The van der Waals surface area contributed by atoms with Gasteiger partial charge in [0, 0.05) is 10.2 Å². The molecule has 1 aliphatic heterocycles. The number of benzene rings is 2. The summed E-state index contributed by atoms with van der Waals surface area (Å²) in [6.07, 6.45) is 1.61. The molecule has 3 amide bonds. The number of amides is 3. The number of halogens is 1. The van der Waals surface area contributed by atoms with Gasteiger partial charge in [0.15, 0.2) is 11.5 Å². The average molecular weight is 533 g/mol. The Morgan fingerprint density at radius 3 is 2.36 bits per heavy atom. The molecule has 0 aliphatic carbocycles. The van der Waals surface area contributed by atoms with Crippen LogP contribution in [0.25, 0.3) is 6.08 Å². The zero-order valence-electron chi connectivity index (χ0n) is 18.9. The van der Waals surface area contributed by atoms with E-state index in [0.717, 1.165) is 27.8 Å². The molecule has 7 nitrogen and oxygen atoms in total. The highest BCUT2D eigenvalue weighted by Gasteiger charge is 2.36. The number of aryl methyl sites for hydroxylation is 2. The van der Waals surface area contributed by atoms with E-state index in [1.54, 1.807) is 24.3 Å². The van der Waals surface area contributed by atoms with Crippen molar-refractivity contribution in [2.45, 2.75) is 27.7 Å². The fourth-order valence-corrected chi connectivity index (χ4v) is 4.40. The number of thioether (sulfide) groups is 1. The zero-order valence-corrected chi connectivity index (χ0v) is 21.3. The summed E-state index contributed by atoms with van der Waals surface area (Å²) in [6.45, 7) is 8.25. The first kappa shape index (κ1) is 24.9. The first-order valence-corrected chi connectivity index (χ1v) is 12.1. The van der Waals surface area contributed by atoms with Crippen molar-refractivity contribution >= 4 is 56.5 Å². The van der Waals surface area contributed by atoms with Crippen LogP contribution < -0.4 is 14.8 Å². The Kier molecular flexibility index (Phi) is 8.20. The maximum absolute atomic E-state index is 12.9. The third-order valence-corrected chi connectivity index (χ3v) is 6.51. The summed E-state index contributed by atoms with van der Waals surface area (Å²) in [5.41, 5.74) is 3.42. The topological polar surface area (TPSA) is 84.9 Å². The second kappa shape index (κ2) is 10.9. The molecule has 9 heteroatoms. The number of nitrogens with one attached hydrogen (secondary N) is 1. The van der Waals surface area contributed by atoms with E-state index in [2.05, 4.69) is 21.2 Å². The molecule has 0 aromatic heterocycles. The molecule has 1 fully saturated rings. The van der Waals surface area contributed by atoms with E-state index < -0.39 is 17.1 Å². The molecule has 3 rings (SSSR count). The van der Waals surface area contributed by atoms with E-state index in [9.17, 15) is 14.4 Å². The molecular weight excluding hydrogens is 508 g/mol. The standard InChI is InChI=1S/C24H25BrN2O5S/c1-5-31-19-10-16(18(25)12-20(19)32-6-2)11-21-23(29)27(24(30)33-21)13-22(28)26-17-8-7-14(3)15(4)9-17/h7-12H,5-6,13H2,1-4H3,(H,26,28)/b21-11+. The molecule has 1 saturated heterocycles. The molecule has 174 valence electrons. The molecule has 0 bridgehead atoms. The van der Waals surface area contributed by atoms with Crippen molar-refractivity contribution in [1.82, 2.24) is 4.90 Å². The summed E-state index contributed by atoms with van der Waals surface area (Å²) in [5, 5.41) is 2.25. The lowest BCUT2D eigenvalue weighted by Crippen LogP contribution is -2.36. The Balaban J connectivity index is 1.77. The van der Waals surface area contributed by atoms with Gasteiger partial charge in [0.25, 0.3) is 11.1 Å². The zero-order chi connectivity index (χ0) is 24.1. The number of carbonyl (C=O) groups is 3. The minimum absolute atomic E-state index is 0.228. The summed E-state index contributed by atoms with van der Waals surface area (Å²) in [7, 11) is 0. The third-order valence-electron chi connectivity index (χ3n) is 4.92. The van der Waals surface area contributed by atoms with Crippen molar-refractivity contribution in [3.63, 3.8) is 0 Å². The predicted octanol–water partition coefficient (Wildman–Crippen LogP) is 5.54. The van der Waals surface area contributed by atoms with Crippen LogP contribution in [0.1, 0.15) is 30.5 Å². The Hall–Kier alpha value is -2.78. The van der Waals surface area contributed by atoms with Crippen molar-refractivity contribution in [2.24, 2.45) is 0 Å². The van der Waals surface area contributed by atoms with Crippen LogP contribution in [-0.2, 0) is 9.59 Å². The maximum Gasteiger partial charge on any atom is 0.294 e. The number of nitrogens with zero attached hydrogens (tertiary/aromatic N) is 1. The van der Waals surface area contributed by atoms with Gasteiger partial charge in [0.05, 0.1) is 18.1 Å². The summed E-state index contributed by atoms with van der Waals surface area (Å²) in [6, 6.07) is 9.05. The lowest BCUT2D eigenvalue weighted by atomic mass is 10.1. The molecule has 1 heterocycles. The van der Waals surface area contributed by atoms with E-state index in [1.165, 1.54) is 0 Å². The predicted molar refractivity (Wildman–Crippen MR) is 134 cm³/mol. The van der Waals surface area contributed by atoms with Gasteiger partial charge in [-0.3, -0.25) is 19.3 Å². The van der Waals surface area contributed by atoms with Gasteiger partial charge in [-0.2, -0.15) is 0 Å². The molecule has 1 aliphatic rings. The normalized spacial score (nSPS) is 14.7. The van der Waals surface area contributed by atoms with Crippen LogP contribution >= 0.6 is 27.7 Å². The minimum atomic E-state index is -0.515. The molecule has 0 atom stereocenters. The van der Waals surface area contributed by atoms with Crippen molar-refractivity contribution in [3.8, 4) is 11.5 Å². The maximum atomic E-state index is 12.9. The molecule has 0 spiro atoms. The highest BCUT2D eigenvalue weighted by atomic mass is 79.9. The SMILES string of the molecule is CCOc1cc(Br)c(/C=C2/SC(=O)N(CC(=O)Nc3ccc(C)c(C)c3)C2=O)cc1OCC. The van der Waals surface area contributed by atoms with Crippen molar-refractivity contribution in [1.29, 1.82) is 0 Å². The first-order chi connectivity index (χ1) is 15.7. The van der Waals surface area contributed by atoms with Crippen molar-refractivity contribution in [2.75, 3.05) is 25.1 Å². The molecule has 0 radical (unpaired) electrons. The van der Waals surface area contributed by atoms with Crippen LogP contribution in [0.5, 0.6) is 11.5 Å². The van der Waals surface area contributed by atoms with Crippen molar-refractivity contribution in [3.05, 3.63) is 56.4 Å². The van der Waals surface area contributed by atoms with E-state index in [4.69, 9.17) is 9.47 Å². The smallest absolute Gasteiger partial charge is 0.294 e. The van der Waals surface area contributed by atoms with Crippen LogP contribution in [0.2, 0.25) is 0 Å². The molecule has 0 saturated carbocycles. The Bertz CT molecular complexity index is 1130. The lowest BCUT2D eigenvalue weighted by Gasteiger charge is -2.14. The van der Waals surface area contributed by atoms with Crippen LogP contribution in [-0.4, -0.2) is 41.7 Å². The number of ether oxygens (including phenoxy) is 2. The van der Waals surface area contributed by atoms with Crippen LogP contribution in [0.4, 0.5) is 10.5 Å². The average Bonchev–Trinajstić information content (AvgIpc) is 3.01. The number of rotatable bonds is 8. The number of imide groups is 1. The van der Waals surface area contributed by atoms with Gasteiger partial charge in [0.2, 0.25) is 5.91 Å². The van der Waals surface area contributed by atoms with Gasteiger partial charge < -0.3 is 14.8 Å². The van der Waals surface area contributed by atoms with Gasteiger partial charge in [-0.1, -0.05) is 22.0 Å². The fourth-order valence-electron chi connectivity index (χ4n) is 3.14. The summed E-state index contributed by atoms with van der Waals surface area (Å²) < 4.78 is 11.9. The van der Waals surface area contributed by atoms with E-state index in [1.807, 2.05) is 39.8 Å². The Morgan fingerprint density at radius 1 is 1.06 bits per heavy atom. The summed E-state index contributed by atoms with van der Waals surface area (Å²) in [5.74, 6) is 0.168. The fraction of sp³-hybridized carbons (Fsp3) is 0.292. The second-order valence-electron chi connectivity index (χ2n) is 7.30. The molecule has 33 heavy (non-hydrogen) atoms. The molecular formula is C24H25BrN2O5S. The Morgan fingerprint density at radius 2 is 1.73 bits per heavy atom. The summed E-state index contributed by atoms with van der Waals surface area (Å²) >= 11 is 4.28. The molecule has 2 aromatic carbocycles. The van der Waals surface area contributed by atoms with Gasteiger partial charge in [-0.05, 0) is 86.5 Å². The molecule has 2 aromatic rings. The monoisotopic (exact) mass is 532 g/mol. The molecule has 1 N–H and O–H groups in total. The first-order valence-electron chi connectivity index (χ1n) is 10.4. The van der Waals surface area contributed by atoms with Gasteiger partial charge >= 0.3 is 0 Å². The Labute approximate surface area is 205 Å². The quantitative estimate of drug-likeness (QED) is 0.449. The van der Waals surface area contributed by atoms with Gasteiger partial charge in [0.1, 0.15) is 6.54 Å².